The van der Waals surface area contributed by atoms with Crippen molar-refractivity contribution in [3.05, 3.63) is 45.2 Å². The highest BCUT2D eigenvalue weighted by atomic mass is 32.1. The Morgan fingerprint density at radius 1 is 1.39 bits per heavy atom. The summed E-state index contributed by atoms with van der Waals surface area (Å²) in [6.07, 6.45) is 0. The topological polar surface area (TPSA) is 62.2 Å². The summed E-state index contributed by atoms with van der Waals surface area (Å²) in [6.45, 7) is 1.29. The van der Waals surface area contributed by atoms with E-state index in [1.54, 1.807) is 11.3 Å². The number of nitrogens with one attached hydrogen (secondary N) is 2. The lowest BCUT2D eigenvalue weighted by atomic mass is 10.3. The number of thiophene rings is 1. The van der Waals surface area contributed by atoms with Gasteiger partial charge in [-0.15, -0.1) is 11.3 Å². The predicted octanol–water partition coefficient (Wildman–Crippen LogP) is 1.35. The average Bonchev–Trinajstić information content (AvgIpc) is 3.08. The van der Waals surface area contributed by atoms with Gasteiger partial charge in [-0.2, -0.15) is 0 Å². The Morgan fingerprint density at radius 2 is 2.33 bits per heavy atom. The molecule has 0 saturated carbocycles. The molecule has 3 aromatic heterocycles. The van der Waals surface area contributed by atoms with Crippen LogP contribution in [0.4, 0.5) is 0 Å². The van der Waals surface area contributed by atoms with E-state index in [4.69, 9.17) is 0 Å². The molecule has 0 atom stereocenters. The molecule has 5 nitrogen and oxygen atoms in total. The van der Waals surface area contributed by atoms with Crippen LogP contribution in [0.1, 0.15) is 11.3 Å². The van der Waals surface area contributed by atoms with Crippen molar-refractivity contribution in [1.29, 1.82) is 0 Å². The summed E-state index contributed by atoms with van der Waals surface area (Å²) in [7, 11) is 0. The quantitative estimate of drug-likeness (QED) is 0.692. The summed E-state index contributed by atoms with van der Waals surface area (Å²) >= 11 is 1.64. The van der Waals surface area contributed by atoms with Crippen molar-refractivity contribution >= 4 is 17.0 Å². The third-order valence-electron chi connectivity index (χ3n) is 3.17. The minimum Gasteiger partial charge on any atom is -0.307 e. The van der Waals surface area contributed by atoms with Crippen molar-refractivity contribution < 1.29 is 0 Å². The molecule has 18 heavy (non-hydrogen) atoms. The van der Waals surface area contributed by atoms with Gasteiger partial charge < -0.3 is 5.32 Å². The number of nitrogens with zero attached hydrogens (tertiary/aromatic N) is 2. The molecule has 1 aliphatic heterocycles. The molecule has 3 aromatic rings. The smallest absolute Gasteiger partial charge is 0.277 e. The van der Waals surface area contributed by atoms with Gasteiger partial charge in [-0.05, 0) is 11.4 Å². The van der Waals surface area contributed by atoms with Crippen molar-refractivity contribution in [2.75, 3.05) is 0 Å². The van der Waals surface area contributed by atoms with Gasteiger partial charge in [-0.1, -0.05) is 6.07 Å². The van der Waals surface area contributed by atoms with E-state index in [0.717, 1.165) is 21.8 Å². The number of fused-ring (bicyclic) bond motifs is 2. The van der Waals surface area contributed by atoms with Crippen LogP contribution < -0.4 is 10.9 Å². The lowest BCUT2D eigenvalue weighted by Gasteiger charge is -1.97. The molecule has 0 bridgehead atoms. The highest BCUT2D eigenvalue weighted by Crippen LogP contribution is 2.24. The van der Waals surface area contributed by atoms with Crippen LogP contribution in [0.15, 0.2) is 28.4 Å². The van der Waals surface area contributed by atoms with Crippen molar-refractivity contribution in [2.24, 2.45) is 0 Å². The third kappa shape index (κ3) is 1.30. The van der Waals surface area contributed by atoms with Gasteiger partial charge in [-0.25, -0.2) is 9.50 Å². The fourth-order valence-electron chi connectivity index (χ4n) is 2.29. The summed E-state index contributed by atoms with van der Waals surface area (Å²) < 4.78 is 1.53. The Labute approximate surface area is 106 Å². The molecule has 0 aromatic carbocycles. The second-order valence-corrected chi connectivity index (χ2v) is 5.23. The van der Waals surface area contributed by atoms with E-state index < -0.39 is 0 Å². The molecule has 0 saturated heterocycles. The lowest BCUT2D eigenvalue weighted by molar-refractivity contribution is 0.756. The van der Waals surface area contributed by atoms with Crippen LogP contribution >= 0.6 is 11.3 Å². The molecule has 6 heteroatoms. The van der Waals surface area contributed by atoms with E-state index in [2.05, 4.69) is 15.4 Å². The van der Waals surface area contributed by atoms with E-state index in [-0.39, 0.29) is 5.56 Å². The first-order chi connectivity index (χ1) is 8.83. The molecule has 1 aliphatic rings. The van der Waals surface area contributed by atoms with Gasteiger partial charge in [0.05, 0.1) is 21.8 Å². The maximum atomic E-state index is 12.3. The number of hydrogen-bond acceptors (Lipinski definition) is 4. The average molecular weight is 258 g/mol. The number of aromatic nitrogens is 3. The molecule has 0 radical (unpaired) electrons. The standard InChI is InChI=1S/C12H10N4OS/c17-12-7-5-13-6-9(7)14-11-4-8(15-16(11)12)10-2-1-3-18-10/h1-4,13,15H,5-6H2. The number of rotatable bonds is 1. The molecule has 4 heterocycles. The van der Waals surface area contributed by atoms with Crippen LogP contribution in [-0.4, -0.2) is 14.6 Å². The van der Waals surface area contributed by atoms with Gasteiger partial charge in [0, 0.05) is 19.2 Å². The van der Waals surface area contributed by atoms with Crippen LogP contribution in [0.25, 0.3) is 16.2 Å². The molecule has 2 N–H and O–H groups in total. The molecule has 0 unspecified atom stereocenters. The maximum absolute atomic E-state index is 12.3. The SMILES string of the molecule is O=c1c2c(nc3cc(-c4cccs4)[nH]n13)CNC2. The highest BCUT2D eigenvalue weighted by molar-refractivity contribution is 7.13. The van der Waals surface area contributed by atoms with Crippen LogP contribution in [-0.2, 0) is 13.1 Å². The molecule has 4 rings (SSSR count). The van der Waals surface area contributed by atoms with Crippen molar-refractivity contribution in [3.63, 3.8) is 0 Å². The van der Waals surface area contributed by atoms with Gasteiger partial charge in [0.1, 0.15) is 0 Å². The second kappa shape index (κ2) is 3.54. The minimum absolute atomic E-state index is 0.00260. The number of hydrogen-bond donors (Lipinski definition) is 2. The zero-order valence-electron chi connectivity index (χ0n) is 9.43. The van der Waals surface area contributed by atoms with E-state index in [1.807, 2.05) is 23.6 Å². The summed E-state index contributed by atoms with van der Waals surface area (Å²) in [5.74, 6) is 0. The van der Waals surface area contributed by atoms with Gasteiger partial charge in [-0.3, -0.25) is 9.89 Å². The normalized spacial score (nSPS) is 14.2. The van der Waals surface area contributed by atoms with Gasteiger partial charge >= 0.3 is 0 Å². The fourth-order valence-corrected chi connectivity index (χ4v) is 2.99. The first kappa shape index (κ1) is 10.0. The highest BCUT2D eigenvalue weighted by Gasteiger charge is 2.18. The predicted molar refractivity (Wildman–Crippen MR) is 69.7 cm³/mol. The molecular weight excluding hydrogens is 248 g/mol. The van der Waals surface area contributed by atoms with Gasteiger partial charge in [0.15, 0.2) is 5.65 Å². The van der Waals surface area contributed by atoms with Crippen LogP contribution in [0.5, 0.6) is 0 Å². The largest absolute Gasteiger partial charge is 0.307 e. The summed E-state index contributed by atoms with van der Waals surface area (Å²) in [6, 6.07) is 5.94. The Balaban J connectivity index is 2.02. The Bertz CT molecular complexity index is 784. The zero-order chi connectivity index (χ0) is 12.1. The van der Waals surface area contributed by atoms with Crippen LogP contribution in [0, 0.1) is 0 Å². The summed E-state index contributed by atoms with van der Waals surface area (Å²) in [5.41, 5.74) is 3.27. The second-order valence-electron chi connectivity index (χ2n) is 4.29. The molecule has 0 aliphatic carbocycles. The molecular formula is C12H10N4OS. The van der Waals surface area contributed by atoms with Crippen molar-refractivity contribution in [1.82, 2.24) is 19.9 Å². The molecule has 0 fully saturated rings. The van der Waals surface area contributed by atoms with Crippen LogP contribution in [0.3, 0.4) is 0 Å². The first-order valence-electron chi connectivity index (χ1n) is 5.71. The summed E-state index contributed by atoms with van der Waals surface area (Å²) in [4.78, 5) is 17.9. The summed E-state index contributed by atoms with van der Waals surface area (Å²) in [5, 5.41) is 8.28. The Kier molecular flexibility index (Phi) is 1.97. The monoisotopic (exact) mass is 258 g/mol. The first-order valence-corrected chi connectivity index (χ1v) is 6.59. The van der Waals surface area contributed by atoms with E-state index >= 15 is 0 Å². The lowest BCUT2D eigenvalue weighted by Crippen LogP contribution is -2.20. The molecule has 90 valence electrons. The van der Waals surface area contributed by atoms with Crippen LogP contribution in [0.2, 0.25) is 0 Å². The van der Waals surface area contributed by atoms with Gasteiger partial charge in [0.2, 0.25) is 0 Å². The van der Waals surface area contributed by atoms with Gasteiger partial charge in [0.25, 0.3) is 5.56 Å². The van der Waals surface area contributed by atoms with Crippen molar-refractivity contribution in [3.8, 4) is 10.6 Å². The minimum atomic E-state index is 0.00260. The molecule has 0 spiro atoms. The number of H-pyrrole nitrogens is 1. The van der Waals surface area contributed by atoms with E-state index in [0.29, 0.717) is 18.7 Å². The Hall–Kier alpha value is -1.92. The maximum Gasteiger partial charge on any atom is 0.277 e. The fraction of sp³-hybridized carbons (Fsp3) is 0.167. The molecule has 0 amide bonds. The zero-order valence-corrected chi connectivity index (χ0v) is 10.3. The van der Waals surface area contributed by atoms with E-state index in [1.165, 1.54) is 4.52 Å². The number of aromatic amines is 1. The Morgan fingerprint density at radius 3 is 3.17 bits per heavy atom. The van der Waals surface area contributed by atoms with Crippen molar-refractivity contribution in [2.45, 2.75) is 13.1 Å². The third-order valence-corrected chi connectivity index (χ3v) is 4.08. The van der Waals surface area contributed by atoms with E-state index in [9.17, 15) is 4.79 Å².